The summed E-state index contributed by atoms with van der Waals surface area (Å²) in [5, 5.41) is 0. The van der Waals surface area contributed by atoms with Crippen molar-refractivity contribution < 1.29 is 4.79 Å². The number of carbonyl (C=O) groups excluding carboxylic acids is 1. The van der Waals surface area contributed by atoms with Crippen molar-refractivity contribution in [1.82, 2.24) is 9.47 Å². The fourth-order valence-electron chi connectivity index (χ4n) is 3.88. The van der Waals surface area contributed by atoms with Crippen LogP contribution in [0, 0.1) is 19.3 Å². The van der Waals surface area contributed by atoms with Gasteiger partial charge < -0.3 is 15.2 Å². The standard InChI is InChI=1S/C19H33N3O.ClH/c1-14-11-17(18(23)21(5)13-19(3,4)12-20)15(2)22(14)16-9-7-6-8-10-16;/h11,16H,6-10,12-13,20H2,1-5H3;1H. The Morgan fingerprint density at radius 3 is 2.42 bits per heavy atom. The summed E-state index contributed by atoms with van der Waals surface area (Å²) in [5.41, 5.74) is 8.94. The molecule has 24 heavy (non-hydrogen) atoms. The fraction of sp³-hybridized carbons (Fsp3) is 0.737. The Morgan fingerprint density at radius 2 is 1.88 bits per heavy atom. The minimum Gasteiger partial charge on any atom is -0.345 e. The van der Waals surface area contributed by atoms with Crippen LogP contribution in [0.3, 0.4) is 0 Å². The van der Waals surface area contributed by atoms with Crippen molar-refractivity contribution >= 4 is 18.3 Å². The minimum atomic E-state index is -0.0563. The first-order valence-corrected chi connectivity index (χ1v) is 8.91. The number of hydrogen-bond donors (Lipinski definition) is 1. The number of carbonyl (C=O) groups is 1. The van der Waals surface area contributed by atoms with E-state index < -0.39 is 0 Å². The van der Waals surface area contributed by atoms with Gasteiger partial charge in [0.25, 0.3) is 5.91 Å². The van der Waals surface area contributed by atoms with Crippen molar-refractivity contribution in [3.8, 4) is 0 Å². The lowest BCUT2D eigenvalue weighted by Crippen LogP contribution is -2.39. The van der Waals surface area contributed by atoms with Crippen molar-refractivity contribution in [3.05, 3.63) is 23.0 Å². The Bertz CT molecular complexity index is 559. The number of halogens is 1. The van der Waals surface area contributed by atoms with Crippen LogP contribution in [-0.4, -0.2) is 35.5 Å². The molecule has 2 rings (SSSR count). The maximum absolute atomic E-state index is 12.9. The Labute approximate surface area is 153 Å². The second-order valence-corrected chi connectivity index (χ2v) is 7.98. The molecule has 0 unspecified atom stereocenters. The zero-order valence-corrected chi connectivity index (χ0v) is 16.7. The quantitative estimate of drug-likeness (QED) is 0.864. The topological polar surface area (TPSA) is 51.3 Å². The van der Waals surface area contributed by atoms with Crippen molar-refractivity contribution in [2.24, 2.45) is 11.1 Å². The Hall–Kier alpha value is -1.000. The highest BCUT2D eigenvalue weighted by molar-refractivity contribution is 5.95. The van der Waals surface area contributed by atoms with E-state index in [0.717, 1.165) is 11.3 Å². The first-order valence-electron chi connectivity index (χ1n) is 8.91. The summed E-state index contributed by atoms with van der Waals surface area (Å²) in [4.78, 5) is 14.7. The highest BCUT2D eigenvalue weighted by Crippen LogP contribution is 2.32. The van der Waals surface area contributed by atoms with E-state index in [1.54, 1.807) is 0 Å². The van der Waals surface area contributed by atoms with Gasteiger partial charge in [0, 0.05) is 31.0 Å². The van der Waals surface area contributed by atoms with Gasteiger partial charge >= 0.3 is 0 Å². The molecule has 5 heteroatoms. The lowest BCUT2D eigenvalue weighted by Gasteiger charge is -2.29. The second kappa shape index (κ2) is 8.39. The average Bonchev–Trinajstić information content (AvgIpc) is 2.81. The van der Waals surface area contributed by atoms with Crippen LogP contribution in [0.5, 0.6) is 0 Å². The van der Waals surface area contributed by atoms with Gasteiger partial charge in [-0.3, -0.25) is 4.79 Å². The minimum absolute atomic E-state index is 0. The second-order valence-electron chi connectivity index (χ2n) is 7.98. The number of rotatable bonds is 5. The van der Waals surface area contributed by atoms with Crippen LogP contribution in [0.2, 0.25) is 0 Å². The van der Waals surface area contributed by atoms with Crippen LogP contribution in [0.1, 0.15) is 73.7 Å². The molecule has 1 amide bonds. The zero-order valence-electron chi connectivity index (χ0n) is 15.9. The molecule has 1 saturated carbocycles. The molecule has 2 N–H and O–H groups in total. The molecule has 0 bridgehead atoms. The average molecular weight is 356 g/mol. The number of hydrogen-bond acceptors (Lipinski definition) is 2. The molecule has 1 aromatic rings. The molecule has 1 aromatic heterocycles. The summed E-state index contributed by atoms with van der Waals surface area (Å²) in [6.45, 7) is 9.67. The molecular weight excluding hydrogens is 322 g/mol. The van der Waals surface area contributed by atoms with Crippen molar-refractivity contribution in [3.63, 3.8) is 0 Å². The summed E-state index contributed by atoms with van der Waals surface area (Å²) < 4.78 is 2.40. The van der Waals surface area contributed by atoms with Crippen molar-refractivity contribution in [1.29, 1.82) is 0 Å². The SMILES string of the molecule is Cc1cc(C(=O)N(C)CC(C)(C)CN)c(C)n1C1CCCCC1.Cl. The molecule has 1 aliphatic carbocycles. The predicted molar refractivity (Wildman–Crippen MR) is 103 cm³/mol. The Balaban J connectivity index is 0.00000288. The van der Waals surface area contributed by atoms with E-state index in [4.69, 9.17) is 5.73 Å². The zero-order chi connectivity index (χ0) is 17.2. The van der Waals surface area contributed by atoms with Crippen LogP contribution >= 0.6 is 12.4 Å². The van der Waals surface area contributed by atoms with Gasteiger partial charge in [0.05, 0.1) is 5.56 Å². The molecule has 4 nitrogen and oxygen atoms in total. The number of nitrogens with zero attached hydrogens (tertiary/aromatic N) is 2. The van der Waals surface area contributed by atoms with Gasteiger partial charge in [-0.2, -0.15) is 0 Å². The third kappa shape index (κ3) is 4.54. The summed E-state index contributed by atoms with van der Waals surface area (Å²) in [7, 11) is 1.88. The summed E-state index contributed by atoms with van der Waals surface area (Å²) in [6, 6.07) is 2.63. The highest BCUT2D eigenvalue weighted by Gasteiger charge is 2.26. The maximum atomic E-state index is 12.9. The van der Waals surface area contributed by atoms with Crippen LogP contribution in [0.4, 0.5) is 0 Å². The third-order valence-corrected chi connectivity index (χ3v) is 5.22. The van der Waals surface area contributed by atoms with Gasteiger partial charge in [-0.25, -0.2) is 0 Å². The van der Waals surface area contributed by atoms with Crippen LogP contribution in [0.15, 0.2) is 6.07 Å². The Morgan fingerprint density at radius 1 is 1.29 bits per heavy atom. The van der Waals surface area contributed by atoms with Gasteiger partial charge in [0.15, 0.2) is 0 Å². The molecule has 0 saturated heterocycles. The molecule has 0 aromatic carbocycles. The van der Waals surface area contributed by atoms with Gasteiger partial charge in [0.2, 0.25) is 0 Å². The smallest absolute Gasteiger partial charge is 0.255 e. The monoisotopic (exact) mass is 355 g/mol. The number of aromatic nitrogens is 1. The van der Waals surface area contributed by atoms with E-state index in [0.29, 0.717) is 19.1 Å². The molecule has 1 heterocycles. The van der Waals surface area contributed by atoms with Crippen molar-refractivity contribution in [2.75, 3.05) is 20.1 Å². The lowest BCUT2D eigenvalue weighted by molar-refractivity contribution is 0.0739. The molecular formula is C19H34ClN3O. The summed E-state index contributed by atoms with van der Waals surface area (Å²) in [6.07, 6.45) is 6.42. The summed E-state index contributed by atoms with van der Waals surface area (Å²) >= 11 is 0. The van der Waals surface area contributed by atoms with E-state index in [1.165, 1.54) is 37.8 Å². The van der Waals surface area contributed by atoms with Gasteiger partial charge in [-0.1, -0.05) is 33.1 Å². The third-order valence-electron chi connectivity index (χ3n) is 5.22. The van der Waals surface area contributed by atoms with Crippen molar-refractivity contribution in [2.45, 2.75) is 65.8 Å². The lowest BCUT2D eigenvalue weighted by atomic mass is 9.93. The fourth-order valence-corrected chi connectivity index (χ4v) is 3.88. The van der Waals surface area contributed by atoms with Gasteiger partial charge in [-0.15, -0.1) is 12.4 Å². The maximum Gasteiger partial charge on any atom is 0.255 e. The molecule has 138 valence electrons. The summed E-state index contributed by atoms with van der Waals surface area (Å²) in [5.74, 6) is 0.113. The van der Waals surface area contributed by atoms with E-state index >= 15 is 0 Å². The Kier molecular flexibility index (Phi) is 7.36. The highest BCUT2D eigenvalue weighted by atomic mass is 35.5. The molecule has 1 fully saturated rings. The number of nitrogens with two attached hydrogens (primary N) is 1. The largest absolute Gasteiger partial charge is 0.345 e. The molecule has 0 radical (unpaired) electrons. The number of aryl methyl sites for hydroxylation is 1. The van der Waals surface area contributed by atoms with E-state index in [-0.39, 0.29) is 23.7 Å². The van der Waals surface area contributed by atoms with E-state index in [1.807, 2.05) is 11.9 Å². The predicted octanol–water partition coefficient (Wildman–Crippen LogP) is 4.09. The van der Waals surface area contributed by atoms with Gasteiger partial charge in [-0.05, 0) is 44.7 Å². The first kappa shape index (κ1) is 21.0. The molecule has 0 atom stereocenters. The number of amides is 1. The molecule has 0 spiro atoms. The van der Waals surface area contributed by atoms with Crippen LogP contribution in [0.25, 0.3) is 0 Å². The van der Waals surface area contributed by atoms with E-state index in [9.17, 15) is 4.79 Å². The molecule has 0 aliphatic heterocycles. The van der Waals surface area contributed by atoms with Crippen LogP contribution in [-0.2, 0) is 0 Å². The normalized spacial score (nSPS) is 15.9. The van der Waals surface area contributed by atoms with Gasteiger partial charge in [0.1, 0.15) is 0 Å². The van der Waals surface area contributed by atoms with E-state index in [2.05, 4.69) is 38.3 Å². The molecule has 1 aliphatic rings. The van der Waals surface area contributed by atoms with Crippen LogP contribution < -0.4 is 5.73 Å². The first-order chi connectivity index (χ1) is 10.8.